The Hall–Kier alpha value is -0.530. The molecule has 2 fully saturated rings. The van der Waals surface area contributed by atoms with E-state index in [1.54, 1.807) is 0 Å². The zero-order valence-corrected chi connectivity index (χ0v) is 11.8. The predicted octanol–water partition coefficient (Wildman–Crippen LogP) is 3.51. The van der Waals surface area contributed by atoms with E-state index < -0.39 is 0 Å². The fourth-order valence-corrected chi connectivity index (χ4v) is 4.03. The lowest BCUT2D eigenvalue weighted by Gasteiger charge is -2.39. The van der Waals surface area contributed by atoms with Crippen LogP contribution < -0.4 is 5.32 Å². The Morgan fingerprint density at radius 1 is 1.35 bits per heavy atom. The van der Waals surface area contributed by atoms with E-state index in [1.807, 2.05) is 0 Å². The van der Waals surface area contributed by atoms with Crippen LogP contribution in [0.5, 0.6) is 0 Å². The van der Waals surface area contributed by atoms with Crippen molar-refractivity contribution in [3.8, 4) is 0 Å². The molecule has 2 aliphatic carbocycles. The normalized spacial score (nSPS) is 38.4. The highest BCUT2D eigenvalue weighted by atomic mass is 16.1. The molecule has 0 unspecified atom stereocenters. The van der Waals surface area contributed by atoms with Crippen molar-refractivity contribution >= 4 is 5.91 Å². The Kier molecular flexibility index (Phi) is 3.26. The predicted molar refractivity (Wildman–Crippen MR) is 70.7 cm³/mol. The van der Waals surface area contributed by atoms with Gasteiger partial charge < -0.3 is 5.32 Å². The van der Waals surface area contributed by atoms with Crippen molar-refractivity contribution in [2.24, 2.45) is 16.7 Å². The van der Waals surface area contributed by atoms with E-state index in [1.165, 1.54) is 19.3 Å². The van der Waals surface area contributed by atoms with Gasteiger partial charge in [-0.1, -0.05) is 34.1 Å². The molecule has 1 amide bonds. The first-order valence-electron chi connectivity index (χ1n) is 7.21. The highest BCUT2D eigenvalue weighted by Gasteiger charge is 2.61. The van der Waals surface area contributed by atoms with Crippen LogP contribution in [0.3, 0.4) is 0 Å². The highest BCUT2D eigenvalue weighted by Crippen LogP contribution is 2.65. The lowest BCUT2D eigenvalue weighted by atomic mass is 9.69. The van der Waals surface area contributed by atoms with E-state index in [0.717, 1.165) is 18.8 Å². The van der Waals surface area contributed by atoms with Gasteiger partial charge in [0.1, 0.15) is 0 Å². The summed E-state index contributed by atoms with van der Waals surface area (Å²) in [6.45, 7) is 9.30. The minimum atomic E-state index is 0.265. The van der Waals surface area contributed by atoms with Crippen LogP contribution in [0.25, 0.3) is 0 Å². The van der Waals surface area contributed by atoms with Crippen LogP contribution in [-0.4, -0.2) is 11.9 Å². The molecule has 0 aromatic rings. The third-order valence-electron chi connectivity index (χ3n) is 5.89. The first kappa shape index (κ1) is 12.9. The molecular weight excluding hydrogens is 210 g/mol. The average molecular weight is 237 g/mol. The highest BCUT2D eigenvalue weighted by molar-refractivity contribution is 5.76. The summed E-state index contributed by atoms with van der Waals surface area (Å²) in [5.41, 5.74) is 0.718. The van der Waals surface area contributed by atoms with Crippen molar-refractivity contribution in [3.63, 3.8) is 0 Å². The van der Waals surface area contributed by atoms with E-state index in [-0.39, 0.29) is 5.91 Å². The summed E-state index contributed by atoms with van der Waals surface area (Å²) < 4.78 is 0. The number of carbonyl (C=O) groups is 1. The second-order valence-corrected chi connectivity index (χ2v) is 6.83. The molecule has 2 nitrogen and oxygen atoms in total. The van der Waals surface area contributed by atoms with E-state index in [0.29, 0.717) is 23.3 Å². The van der Waals surface area contributed by atoms with E-state index in [9.17, 15) is 4.79 Å². The largest absolute Gasteiger partial charge is 0.353 e. The van der Waals surface area contributed by atoms with Gasteiger partial charge in [0, 0.05) is 12.5 Å². The van der Waals surface area contributed by atoms with Crippen LogP contribution >= 0.6 is 0 Å². The number of carbonyl (C=O) groups excluding carboxylic acids is 1. The average Bonchev–Trinajstić information content (AvgIpc) is 2.59. The lowest BCUT2D eigenvalue weighted by molar-refractivity contribution is -0.123. The molecule has 0 aromatic heterocycles. The van der Waals surface area contributed by atoms with E-state index >= 15 is 0 Å². The van der Waals surface area contributed by atoms with Crippen molar-refractivity contribution in [1.29, 1.82) is 0 Å². The Labute approximate surface area is 106 Å². The summed E-state index contributed by atoms with van der Waals surface area (Å²) in [4.78, 5) is 11.9. The second-order valence-electron chi connectivity index (χ2n) is 6.83. The van der Waals surface area contributed by atoms with Gasteiger partial charge in [0.25, 0.3) is 0 Å². The number of nitrogens with one attached hydrogen (secondary N) is 1. The molecule has 2 heteroatoms. The zero-order valence-electron chi connectivity index (χ0n) is 11.8. The second kappa shape index (κ2) is 4.29. The standard InChI is InChI=1S/C15H27NO/c1-5-6-7-13(17)16-12-10-11-8-9-15(12,4)14(11,2)3/h11-12H,5-10H2,1-4H3,(H,16,17)/t11-,12+,15-/m1/s1. The van der Waals surface area contributed by atoms with Gasteiger partial charge >= 0.3 is 0 Å². The molecule has 2 bridgehead atoms. The molecule has 0 aliphatic heterocycles. The van der Waals surface area contributed by atoms with Crippen LogP contribution in [-0.2, 0) is 4.79 Å². The molecule has 0 heterocycles. The summed E-state index contributed by atoms with van der Waals surface area (Å²) in [7, 11) is 0. The monoisotopic (exact) mass is 237 g/mol. The van der Waals surface area contributed by atoms with Crippen LogP contribution in [0.4, 0.5) is 0 Å². The lowest BCUT2D eigenvalue weighted by Crippen LogP contribution is -2.46. The van der Waals surface area contributed by atoms with Gasteiger partial charge in [0.05, 0.1) is 0 Å². The topological polar surface area (TPSA) is 29.1 Å². The fourth-order valence-electron chi connectivity index (χ4n) is 4.03. The first-order chi connectivity index (χ1) is 7.91. The Morgan fingerprint density at radius 2 is 2.06 bits per heavy atom. The molecule has 2 rings (SSSR count). The minimum Gasteiger partial charge on any atom is -0.353 e. The molecular formula is C15H27NO. The molecule has 0 spiro atoms. The minimum absolute atomic E-state index is 0.265. The Morgan fingerprint density at radius 3 is 2.53 bits per heavy atom. The van der Waals surface area contributed by atoms with E-state index in [4.69, 9.17) is 0 Å². The summed E-state index contributed by atoms with van der Waals surface area (Å²) in [5, 5.41) is 3.30. The number of hydrogen-bond donors (Lipinski definition) is 1. The maximum absolute atomic E-state index is 11.9. The maximum Gasteiger partial charge on any atom is 0.220 e. The van der Waals surface area contributed by atoms with E-state index in [2.05, 4.69) is 33.0 Å². The SMILES string of the molecule is CCCCC(=O)N[C@H]1C[C@H]2CC[C@@]1(C)C2(C)C. The van der Waals surface area contributed by atoms with Crippen molar-refractivity contribution < 1.29 is 4.79 Å². The van der Waals surface area contributed by atoms with Gasteiger partial charge in [-0.05, 0) is 42.4 Å². The summed E-state index contributed by atoms with van der Waals surface area (Å²) in [6.07, 6.45) is 6.65. The number of fused-ring (bicyclic) bond motifs is 2. The van der Waals surface area contributed by atoms with Crippen molar-refractivity contribution in [2.45, 2.75) is 72.3 Å². The number of unbranched alkanes of at least 4 members (excludes halogenated alkanes) is 1. The fraction of sp³-hybridized carbons (Fsp3) is 0.933. The van der Waals surface area contributed by atoms with Crippen molar-refractivity contribution in [1.82, 2.24) is 5.32 Å². The molecule has 2 aliphatic rings. The smallest absolute Gasteiger partial charge is 0.220 e. The molecule has 98 valence electrons. The molecule has 0 radical (unpaired) electrons. The molecule has 0 saturated heterocycles. The van der Waals surface area contributed by atoms with Gasteiger partial charge in [-0.3, -0.25) is 4.79 Å². The van der Waals surface area contributed by atoms with Crippen LogP contribution in [0.15, 0.2) is 0 Å². The molecule has 2 saturated carbocycles. The Balaban J connectivity index is 1.98. The van der Waals surface area contributed by atoms with Crippen molar-refractivity contribution in [3.05, 3.63) is 0 Å². The van der Waals surface area contributed by atoms with Crippen LogP contribution in [0, 0.1) is 16.7 Å². The van der Waals surface area contributed by atoms with Crippen LogP contribution in [0.1, 0.15) is 66.2 Å². The molecule has 17 heavy (non-hydrogen) atoms. The third-order valence-corrected chi connectivity index (χ3v) is 5.89. The van der Waals surface area contributed by atoms with Gasteiger partial charge in [0.2, 0.25) is 5.91 Å². The molecule has 0 aromatic carbocycles. The third kappa shape index (κ3) is 1.90. The van der Waals surface area contributed by atoms with Crippen LogP contribution in [0.2, 0.25) is 0 Å². The number of rotatable bonds is 4. The maximum atomic E-state index is 11.9. The van der Waals surface area contributed by atoms with Gasteiger partial charge in [0.15, 0.2) is 0 Å². The zero-order chi connectivity index (χ0) is 12.7. The van der Waals surface area contributed by atoms with Gasteiger partial charge in [-0.25, -0.2) is 0 Å². The van der Waals surface area contributed by atoms with Gasteiger partial charge in [-0.2, -0.15) is 0 Å². The summed E-state index contributed by atoms with van der Waals surface area (Å²) >= 11 is 0. The Bertz CT molecular complexity index is 310. The number of amides is 1. The number of hydrogen-bond acceptors (Lipinski definition) is 1. The first-order valence-corrected chi connectivity index (χ1v) is 7.21. The molecule has 1 N–H and O–H groups in total. The molecule has 3 atom stereocenters. The van der Waals surface area contributed by atoms with Gasteiger partial charge in [-0.15, -0.1) is 0 Å². The summed E-state index contributed by atoms with van der Waals surface area (Å²) in [6, 6.07) is 0.417. The van der Waals surface area contributed by atoms with Crippen molar-refractivity contribution in [2.75, 3.05) is 0 Å². The quantitative estimate of drug-likeness (QED) is 0.796. The summed E-state index contributed by atoms with van der Waals surface area (Å²) in [5.74, 6) is 1.07.